The van der Waals surface area contributed by atoms with Crippen molar-refractivity contribution in [1.82, 2.24) is 0 Å². The summed E-state index contributed by atoms with van der Waals surface area (Å²) >= 11 is 0. The lowest BCUT2D eigenvalue weighted by Gasteiger charge is -2.08. The van der Waals surface area contributed by atoms with E-state index >= 15 is 0 Å². The minimum absolute atomic E-state index is 0.231. The van der Waals surface area contributed by atoms with Crippen LogP contribution in [0.4, 0.5) is 8.78 Å². The van der Waals surface area contributed by atoms with Gasteiger partial charge in [-0.2, -0.15) is 0 Å². The van der Waals surface area contributed by atoms with E-state index in [-0.39, 0.29) is 12.0 Å². The molecule has 0 spiro atoms. The summed E-state index contributed by atoms with van der Waals surface area (Å²) in [6.45, 7) is 3.42. The Hall–Kier alpha value is -1.55. The van der Waals surface area contributed by atoms with Crippen LogP contribution < -0.4 is 5.73 Å². The Morgan fingerprint density at radius 2 is 2.20 bits per heavy atom. The van der Waals surface area contributed by atoms with Crippen molar-refractivity contribution < 1.29 is 13.6 Å². The molecular formula is C11H11F2NO. The van der Waals surface area contributed by atoms with Gasteiger partial charge in [0, 0.05) is 0 Å². The minimum Gasteiger partial charge on any atom is -0.321 e. The van der Waals surface area contributed by atoms with E-state index in [2.05, 4.69) is 6.58 Å². The molecule has 0 aromatic heterocycles. The van der Waals surface area contributed by atoms with Gasteiger partial charge in [0.2, 0.25) is 0 Å². The van der Waals surface area contributed by atoms with Crippen LogP contribution in [-0.2, 0) is 0 Å². The van der Waals surface area contributed by atoms with E-state index in [4.69, 9.17) is 5.73 Å². The molecule has 1 unspecified atom stereocenters. The fraction of sp³-hybridized carbons (Fsp3) is 0.182. The molecule has 0 aliphatic carbocycles. The number of hydrogen-bond donors (Lipinski definition) is 1. The largest absolute Gasteiger partial charge is 0.321 e. The van der Waals surface area contributed by atoms with E-state index in [0.29, 0.717) is 0 Å². The fourth-order valence-corrected chi connectivity index (χ4v) is 1.18. The zero-order chi connectivity index (χ0) is 11.4. The van der Waals surface area contributed by atoms with Crippen LogP contribution in [0, 0.1) is 11.6 Å². The maximum atomic E-state index is 13.2. The Morgan fingerprint density at radius 3 is 2.80 bits per heavy atom. The average Bonchev–Trinajstić information content (AvgIpc) is 2.21. The van der Waals surface area contributed by atoms with Crippen molar-refractivity contribution in [2.45, 2.75) is 12.5 Å². The molecule has 0 aliphatic heterocycles. The number of carbonyl (C=O) groups excluding carboxylic acids is 1. The smallest absolute Gasteiger partial charge is 0.182 e. The highest BCUT2D eigenvalue weighted by molar-refractivity contribution is 6.00. The van der Waals surface area contributed by atoms with Crippen molar-refractivity contribution in [3.05, 3.63) is 48.1 Å². The van der Waals surface area contributed by atoms with Crippen LogP contribution in [0.15, 0.2) is 30.9 Å². The van der Waals surface area contributed by atoms with Crippen molar-refractivity contribution in [3.8, 4) is 0 Å². The third-order valence-corrected chi connectivity index (χ3v) is 1.97. The molecule has 0 amide bonds. The van der Waals surface area contributed by atoms with Crippen LogP contribution in [0.1, 0.15) is 16.8 Å². The molecule has 0 fully saturated rings. The van der Waals surface area contributed by atoms with E-state index < -0.39 is 23.5 Å². The molecule has 1 aromatic rings. The van der Waals surface area contributed by atoms with E-state index in [1.54, 1.807) is 0 Å². The van der Waals surface area contributed by atoms with E-state index in [9.17, 15) is 13.6 Å². The number of Topliss-reactive ketones (excluding diaryl/α,β-unsaturated/α-hetero) is 1. The van der Waals surface area contributed by atoms with Crippen LogP contribution in [-0.4, -0.2) is 11.8 Å². The molecule has 2 nitrogen and oxygen atoms in total. The summed E-state index contributed by atoms with van der Waals surface area (Å²) in [5, 5.41) is 0. The van der Waals surface area contributed by atoms with Crippen LogP contribution in [0.2, 0.25) is 0 Å². The van der Waals surface area contributed by atoms with Crippen molar-refractivity contribution in [2.24, 2.45) is 5.73 Å². The molecular weight excluding hydrogens is 200 g/mol. The number of benzene rings is 1. The standard InChI is InChI=1S/C11H11F2NO/c1-2-4-9(14)11(15)7-5-3-6-8(12)10(7)13/h2-3,5-6,9H,1,4,14H2. The molecule has 1 aromatic carbocycles. The van der Waals surface area contributed by atoms with Crippen LogP contribution in [0.5, 0.6) is 0 Å². The molecule has 80 valence electrons. The van der Waals surface area contributed by atoms with Gasteiger partial charge in [0.25, 0.3) is 0 Å². The summed E-state index contributed by atoms with van der Waals surface area (Å²) in [5.74, 6) is -2.82. The molecule has 0 aliphatic rings. The summed E-state index contributed by atoms with van der Waals surface area (Å²) < 4.78 is 26.0. The number of ketones is 1. The second kappa shape index (κ2) is 4.79. The number of rotatable bonds is 4. The summed E-state index contributed by atoms with van der Waals surface area (Å²) in [6, 6.07) is 2.56. The Bertz CT molecular complexity index is 390. The lowest BCUT2D eigenvalue weighted by Crippen LogP contribution is -2.30. The van der Waals surface area contributed by atoms with Gasteiger partial charge in [0.05, 0.1) is 11.6 Å². The quantitative estimate of drug-likeness (QED) is 0.611. The van der Waals surface area contributed by atoms with Gasteiger partial charge in [0.1, 0.15) is 0 Å². The van der Waals surface area contributed by atoms with Crippen molar-refractivity contribution in [1.29, 1.82) is 0 Å². The average molecular weight is 211 g/mol. The van der Waals surface area contributed by atoms with Crippen molar-refractivity contribution >= 4 is 5.78 Å². The van der Waals surface area contributed by atoms with E-state index in [0.717, 1.165) is 6.07 Å². The van der Waals surface area contributed by atoms with Crippen molar-refractivity contribution in [2.75, 3.05) is 0 Å². The highest BCUT2D eigenvalue weighted by atomic mass is 19.2. The highest BCUT2D eigenvalue weighted by Crippen LogP contribution is 2.13. The second-order valence-corrected chi connectivity index (χ2v) is 3.10. The molecule has 0 radical (unpaired) electrons. The lowest BCUT2D eigenvalue weighted by molar-refractivity contribution is 0.0957. The van der Waals surface area contributed by atoms with Gasteiger partial charge in [-0.15, -0.1) is 6.58 Å². The maximum absolute atomic E-state index is 13.2. The van der Waals surface area contributed by atoms with Gasteiger partial charge in [-0.25, -0.2) is 8.78 Å². The first-order chi connectivity index (χ1) is 7.07. The minimum atomic E-state index is -1.15. The third-order valence-electron chi connectivity index (χ3n) is 1.97. The molecule has 2 N–H and O–H groups in total. The number of carbonyl (C=O) groups is 1. The summed E-state index contributed by atoms with van der Waals surface area (Å²) in [7, 11) is 0. The van der Waals surface area contributed by atoms with Gasteiger partial charge >= 0.3 is 0 Å². The molecule has 0 saturated carbocycles. The summed E-state index contributed by atoms with van der Waals surface area (Å²) in [6.07, 6.45) is 1.69. The molecule has 4 heteroatoms. The number of hydrogen-bond acceptors (Lipinski definition) is 2. The Kier molecular flexibility index (Phi) is 3.68. The molecule has 15 heavy (non-hydrogen) atoms. The Morgan fingerprint density at radius 1 is 1.53 bits per heavy atom. The first-order valence-corrected chi connectivity index (χ1v) is 4.42. The Labute approximate surface area is 86.4 Å². The predicted octanol–water partition coefficient (Wildman–Crippen LogP) is 2.05. The normalized spacial score (nSPS) is 12.2. The number of halogens is 2. The molecule has 0 bridgehead atoms. The van der Waals surface area contributed by atoms with Crippen molar-refractivity contribution in [3.63, 3.8) is 0 Å². The highest BCUT2D eigenvalue weighted by Gasteiger charge is 2.19. The van der Waals surface area contributed by atoms with Gasteiger partial charge in [-0.1, -0.05) is 12.1 Å². The first-order valence-electron chi connectivity index (χ1n) is 4.42. The molecule has 0 saturated heterocycles. The summed E-state index contributed by atoms with van der Waals surface area (Å²) in [5.41, 5.74) is 5.15. The van der Waals surface area contributed by atoms with Gasteiger partial charge in [-0.05, 0) is 18.6 Å². The van der Waals surface area contributed by atoms with Gasteiger partial charge in [0.15, 0.2) is 17.4 Å². The fourth-order valence-electron chi connectivity index (χ4n) is 1.18. The van der Waals surface area contributed by atoms with Crippen LogP contribution in [0.25, 0.3) is 0 Å². The molecule has 1 rings (SSSR count). The second-order valence-electron chi connectivity index (χ2n) is 3.10. The topological polar surface area (TPSA) is 43.1 Å². The molecule has 0 heterocycles. The predicted molar refractivity (Wildman–Crippen MR) is 53.5 cm³/mol. The zero-order valence-electron chi connectivity index (χ0n) is 8.04. The van der Waals surface area contributed by atoms with Gasteiger partial charge < -0.3 is 5.73 Å². The van der Waals surface area contributed by atoms with Gasteiger partial charge in [-0.3, -0.25) is 4.79 Å². The SMILES string of the molecule is C=CCC(N)C(=O)c1cccc(F)c1F. The van der Waals surface area contributed by atoms with Crippen LogP contribution in [0.3, 0.4) is 0 Å². The third kappa shape index (κ3) is 2.47. The first kappa shape index (κ1) is 11.5. The summed E-state index contributed by atoms with van der Waals surface area (Å²) in [4.78, 5) is 11.5. The zero-order valence-corrected chi connectivity index (χ0v) is 8.04. The van der Waals surface area contributed by atoms with E-state index in [1.165, 1.54) is 18.2 Å². The number of nitrogens with two attached hydrogens (primary N) is 1. The molecule has 1 atom stereocenters. The monoisotopic (exact) mass is 211 g/mol. The lowest BCUT2D eigenvalue weighted by atomic mass is 10.0. The van der Waals surface area contributed by atoms with E-state index in [1.807, 2.05) is 0 Å². The maximum Gasteiger partial charge on any atom is 0.182 e. The van der Waals surface area contributed by atoms with Crippen LogP contribution >= 0.6 is 0 Å². The Balaban J connectivity index is 3.01.